The van der Waals surface area contributed by atoms with E-state index in [0.29, 0.717) is 16.7 Å². The molecular weight excluding hydrogens is 309 g/mol. The van der Waals surface area contributed by atoms with E-state index in [4.69, 9.17) is 11.6 Å². The van der Waals surface area contributed by atoms with Gasteiger partial charge in [0.2, 0.25) is 0 Å². The Morgan fingerprint density at radius 1 is 1.33 bits per heavy atom. The lowest BCUT2D eigenvalue weighted by Gasteiger charge is -2.10. The van der Waals surface area contributed by atoms with Gasteiger partial charge in [-0.05, 0) is 17.7 Å². The van der Waals surface area contributed by atoms with Crippen LogP contribution in [0.1, 0.15) is 21.7 Å². The molecular formula is C13H10ClF3N2O2. The van der Waals surface area contributed by atoms with Crippen molar-refractivity contribution in [2.24, 2.45) is 0 Å². The van der Waals surface area contributed by atoms with Gasteiger partial charge >= 0.3 is 12.1 Å². The first-order chi connectivity index (χ1) is 9.81. The minimum atomic E-state index is -4.62. The summed E-state index contributed by atoms with van der Waals surface area (Å²) in [5.74, 6) is -0.921. The Hall–Kier alpha value is -2.02. The second-order valence-electron chi connectivity index (χ2n) is 4.19. The minimum Gasteiger partial charge on any atom is -0.464 e. The van der Waals surface area contributed by atoms with Crippen LogP contribution >= 0.6 is 11.6 Å². The summed E-state index contributed by atoms with van der Waals surface area (Å²) in [4.78, 5) is 11.3. The summed E-state index contributed by atoms with van der Waals surface area (Å²) >= 11 is 5.72. The molecule has 0 saturated carbocycles. The van der Waals surface area contributed by atoms with Crippen LogP contribution in [0.2, 0.25) is 5.02 Å². The van der Waals surface area contributed by atoms with Crippen LogP contribution in [0.4, 0.5) is 13.2 Å². The number of aromatic nitrogens is 2. The van der Waals surface area contributed by atoms with Gasteiger partial charge in [0.25, 0.3) is 0 Å². The Morgan fingerprint density at radius 2 is 1.95 bits per heavy atom. The van der Waals surface area contributed by atoms with Crippen LogP contribution < -0.4 is 0 Å². The molecule has 1 aromatic carbocycles. The third-order valence-electron chi connectivity index (χ3n) is 2.71. The first-order valence-electron chi connectivity index (χ1n) is 5.79. The van der Waals surface area contributed by atoms with Crippen molar-refractivity contribution in [1.29, 1.82) is 0 Å². The number of carbonyl (C=O) groups excluding carboxylic acids is 1. The Morgan fingerprint density at radius 3 is 2.48 bits per heavy atom. The van der Waals surface area contributed by atoms with Crippen molar-refractivity contribution < 1.29 is 22.7 Å². The molecule has 112 valence electrons. The Bertz CT molecular complexity index is 650. The summed E-state index contributed by atoms with van der Waals surface area (Å²) in [6.07, 6.45) is -4.62. The fraction of sp³-hybridized carbons (Fsp3) is 0.231. The molecule has 8 heteroatoms. The van der Waals surface area contributed by atoms with Crippen molar-refractivity contribution in [1.82, 2.24) is 9.78 Å². The highest BCUT2D eigenvalue weighted by atomic mass is 35.5. The number of hydrogen-bond acceptors (Lipinski definition) is 3. The lowest BCUT2D eigenvalue weighted by molar-refractivity contribution is -0.144. The summed E-state index contributed by atoms with van der Waals surface area (Å²) in [7, 11) is 1.08. The molecule has 0 saturated heterocycles. The van der Waals surface area contributed by atoms with Crippen molar-refractivity contribution in [2.75, 3.05) is 7.11 Å². The van der Waals surface area contributed by atoms with Crippen LogP contribution in [-0.2, 0) is 17.5 Å². The zero-order valence-electron chi connectivity index (χ0n) is 10.8. The average molecular weight is 319 g/mol. The third kappa shape index (κ3) is 3.55. The SMILES string of the molecule is COC(=O)c1cc(C(F)(F)F)n(Cc2ccc(Cl)cc2)n1. The lowest BCUT2D eigenvalue weighted by Crippen LogP contribution is -2.15. The second kappa shape index (κ2) is 5.77. The molecule has 4 nitrogen and oxygen atoms in total. The summed E-state index contributed by atoms with van der Waals surface area (Å²) in [5, 5.41) is 4.13. The van der Waals surface area contributed by atoms with Gasteiger partial charge in [-0.25, -0.2) is 4.79 Å². The molecule has 0 spiro atoms. The largest absolute Gasteiger partial charge is 0.464 e. The van der Waals surface area contributed by atoms with Gasteiger partial charge in [0.05, 0.1) is 13.7 Å². The van der Waals surface area contributed by atoms with E-state index >= 15 is 0 Å². The Labute approximate surface area is 123 Å². The van der Waals surface area contributed by atoms with E-state index < -0.39 is 23.5 Å². The molecule has 0 amide bonds. The molecule has 0 fully saturated rings. The van der Waals surface area contributed by atoms with Crippen molar-refractivity contribution in [3.63, 3.8) is 0 Å². The van der Waals surface area contributed by atoms with Crippen molar-refractivity contribution in [2.45, 2.75) is 12.7 Å². The fourth-order valence-corrected chi connectivity index (χ4v) is 1.86. The second-order valence-corrected chi connectivity index (χ2v) is 4.62. The Balaban J connectivity index is 2.39. The number of carbonyl (C=O) groups is 1. The maximum Gasteiger partial charge on any atom is 0.433 e. The number of ether oxygens (including phenoxy) is 1. The maximum atomic E-state index is 13.0. The molecule has 2 rings (SSSR count). The molecule has 0 aliphatic carbocycles. The number of rotatable bonds is 3. The van der Waals surface area contributed by atoms with E-state index in [9.17, 15) is 18.0 Å². The standard InChI is InChI=1S/C13H10ClF3N2O2/c1-21-12(20)10-6-11(13(15,16)17)19(18-10)7-8-2-4-9(14)5-3-8/h2-6H,7H2,1H3. The van der Waals surface area contributed by atoms with Crippen LogP contribution in [0.5, 0.6) is 0 Å². The highest BCUT2D eigenvalue weighted by Gasteiger charge is 2.36. The zero-order valence-corrected chi connectivity index (χ0v) is 11.6. The highest BCUT2D eigenvalue weighted by Crippen LogP contribution is 2.30. The molecule has 0 atom stereocenters. The zero-order chi connectivity index (χ0) is 15.6. The normalized spacial score (nSPS) is 11.5. The number of alkyl halides is 3. The summed E-state index contributed by atoms with van der Waals surface area (Å²) in [6.45, 7) is -0.136. The predicted octanol–water partition coefficient (Wildman–Crippen LogP) is 3.39. The van der Waals surface area contributed by atoms with Gasteiger partial charge in [0.1, 0.15) is 5.69 Å². The molecule has 0 radical (unpaired) electrons. The van der Waals surface area contributed by atoms with Gasteiger partial charge in [-0.3, -0.25) is 4.68 Å². The first-order valence-corrected chi connectivity index (χ1v) is 6.17. The third-order valence-corrected chi connectivity index (χ3v) is 2.96. The molecule has 1 aromatic heterocycles. The Kier molecular flexibility index (Phi) is 4.22. The minimum absolute atomic E-state index is 0.136. The predicted molar refractivity (Wildman–Crippen MR) is 69.1 cm³/mol. The van der Waals surface area contributed by atoms with Gasteiger partial charge in [-0.15, -0.1) is 0 Å². The van der Waals surface area contributed by atoms with E-state index in [0.717, 1.165) is 11.8 Å². The van der Waals surface area contributed by atoms with Crippen LogP contribution in [0.15, 0.2) is 30.3 Å². The monoisotopic (exact) mass is 318 g/mol. The highest BCUT2D eigenvalue weighted by molar-refractivity contribution is 6.30. The quantitative estimate of drug-likeness (QED) is 0.815. The van der Waals surface area contributed by atoms with Gasteiger partial charge in [-0.1, -0.05) is 23.7 Å². The molecule has 0 aliphatic heterocycles. The summed E-state index contributed by atoms with van der Waals surface area (Å²) in [5.41, 5.74) is -0.832. The molecule has 2 aromatic rings. The van der Waals surface area contributed by atoms with Crippen molar-refractivity contribution in [3.05, 3.63) is 52.3 Å². The molecule has 0 unspecified atom stereocenters. The number of esters is 1. The topological polar surface area (TPSA) is 44.1 Å². The van der Waals surface area contributed by atoms with E-state index in [-0.39, 0.29) is 6.54 Å². The number of hydrogen-bond donors (Lipinski definition) is 0. The van der Waals surface area contributed by atoms with E-state index in [1.165, 1.54) is 0 Å². The maximum absolute atomic E-state index is 13.0. The number of benzene rings is 1. The molecule has 0 aliphatic rings. The lowest BCUT2D eigenvalue weighted by atomic mass is 10.2. The molecule has 0 N–H and O–H groups in total. The van der Waals surface area contributed by atoms with E-state index in [1.807, 2.05) is 0 Å². The molecule has 0 bridgehead atoms. The van der Waals surface area contributed by atoms with E-state index in [2.05, 4.69) is 9.84 Å². The van der Waals surface area contributed by atoms with Crippen molar-refractivity contribution in [3.8, 4) is 0 Å². The van der Waals surface area contributed by atoms with Crippen LogP contribution in [-0.4, -0.2) is 22.9 Å². The smallest absolute Gasteiger partial charge is 0.433 e. The number of halogens is 4. The summed E-state index contributed by atoms with van der Waals surface area (Å²) in [6, 6.07) is 6.97. The van der Waals surface area contributed by atoms with Crippen LogP contribution in [0.3, 0.4) is 0 Å². The number of nitrogens with zero attached hydrogens (tertiary/aromatic N) is 2. The fourth-order valence-electron chi connectivity index (χ4n) is 1.73. The van der Waals surface area contributed by atoms with Crippen molar-refractivity contribution >= 4 is 17.6 Å². The van der Waals surface area contributed by atoms with E-state index in [1.54, 1.807) is 24.3 Å². The van der Waals surface area contributed by atoms with Gasteiger partial charge in [0.15, 0.2) is 5.69 Å². The van der Waals surface area contributed by atoms with Gasteiger partial charge < -0.3 is 4.74 Å². The average Bonchev–Trinajstić information content (AvgIpc) is 2.84. The van der Waals surface area contributed by atoms with Gasteiger partial charge in [0, 0.05) is 11.1 Å². The first kappa shape index (κ1) is 15.4. The van der Waals surface area contributed by atoms with Crippen LogP contribution in [0.25, 0.3) is 0 Å². The van der Waals surface area contributed by atoms with Crippen LogP contribution in [0, 0.1) is 0 Å². The summed E-state index contributed by atoms with van der Waals surface area (Å²) < 4.78 is 44.0. The van der Waals surface area contributed by atoms with Gasteiger partial charge in [-0.2, -0.15) is 18.3 Å². The number of methoxy groups -OCH3 is 1. The molecule has 21 heavy (non-hydrogen) atoms. The molecule has 1 heterocycles.